The van der Waals surface area contributed by atoms with E-state index in [0.717, 1.165) is 61.0 Å². The summed E-state index contributed by atoms with van der Waals surface area (Å²) >= 11 is 0. The number of nitrogens with one attached hydrogen (secondary N) is 2. The predicted molar refractivity (Wildman–Crippen MR) is 118 cm³/mol. The van der Waals surface area contributed by atoms with E-state index in [-0.39, 0.29) is 17.6 Å². The number of hydrogen-bond acceptors (Lipinski definition) is 3. The van der Waals surface area contributed by atoms with Crippen LogP contribution in [-0.4, -0.2) is 63.9 Å². The monoisotopic (exact) mass is 433 g/mol. The lowest BCUT2D eigenvalue weighted by Crippen LogP contribution is -3.27. The van der Waals surface area contributed by atoms with Crippen molar-refractivity contribution in [2.45, 2.75) is 33.4 Å². The highest BCUT2D eigenvalue weighted by atomic mass is 19.1. The normalized spacial score (nSPS) is 19.9. The highest BCUT2D eigenvalue weighted by Gasteiger charge is 2.28. The molecule has 1 saturated heterocycles. The molecule has 0 saturated carbocycles. The number of benzene rings is 1. The Morgan fingerprint density at radius 2 is 1.81 bits per heavy atom. The standard InChI is InChI=1S/C24H34FN3O3/c1-17-12-22(19(3)28(17)18(2)16-30-4)23(29)15-27-10-8-26(9-11-27)14-20-13-21(25)6-7-24(20)31-5/h6-7,12-13,18H,8-11,14-16H2,1-5H3/p+2/t18-/m1/s1. The van der Waals surface area contributed by atoms with Crippen LogP contribution in [0.15, 0.2) is 24.3 Å². The number of Topliss-reactive ketones (excluding diaryl/α,β-unsaturated/α-hetero) is 1. The molecule has 0 aliphatic carbocycles. The van der Waals surface area contributed by atoms with Crippen molar-refractivity contribution in [3.05, 3.63) is 52.6 Å². The maximum absolute atomic E-state index is 13.6. The first-order valence-corrected chi connectivity index (χ1v) is 11.0. The second kappa shape index (κ2) is 10.4. The van der Waals surface area contributed by atoms with Gasteiger partial charge in [-0.05, 0) is 45.0 Å². The van der Waals surface area contributed by atoms with Crippen molar-refractivity contribution in [2.24, 2.45) is 0 Å². The fourth-order valence-corrected chi connectivity index (χ4v) is 4.84. The molecule has 0 radical (unpaired) electrons. The van der Waals surface area contributed by atoms with Crippen LogP contribution in [0.3, 0.4) is 0 Å². The average Bonchev–Trinajstić information content (AvgIpc) is 3.04. The minimum absolute atomic E-state index is 0.200. The molecule has 1 fully saturated rings. The van der Waals surface area contributed by atoms with Crippen molar-refractivity contribution >= 4 is 5.78 Å². The van der Waals surface area contributed by atoms with Crippen LogP contribution in [0.2, 0.25) is 0 Å². The summed E-state index contributed by atoms with van der Waals surface area (Å²) in [5.41, 5.74) is 3.84. The third-order valence-corrected chi connectivity index (χ3v) is 6.39. The number of halogens is 1. The molecule has 0 spiro atoms. The predicted octanol–water partition coefficient (Wildman–Crippen LogP) is 0.626. The van der Waals surface area contributed by atoms with E-state index in [4.69, 9.17) is 9.47 Å². The van der Waals surface area contributed by atoms with Gasteiger partial charge in [0.1, 0.15) is 50.8 Å². The van der Waals surface area contributed by atoms with Gasteiger partial charge in [-0.2, -0.15) is 0 Å². The second-order valence-corrected chi connectivity index (χ2v) is 8.69. The molecular formula is C24H36FN3O3+2. The number of piperazine rings is 1. The first kappa shape index (κ1) is 23.4. The number of carbonyl (C=O) groups excluding carboxylic acids is 1. The number of rotatable bonds is 9. The second-order valence-electron chi connectivity index (χ2n) is 8.69. The third kappa shape index (κ3) is 5.53. The molecule has 0 amide bonds. The minimum atomic E-state index is -0.234. The Hall–Kier alpha value is -2.22. The number of nitrogens with zero attached hydrogens (tertiary/aromatic N) is 1. The van der Waals surface area contributed by atoms with Gasteiger partial charge >= 0.3 is 0 Å². The maximum atomic E-state index is 13.6. The van der Waals surface area contributed by atoms with Gasteiger partial charge in [0, 0.05) is 24.1 Å². The number of carbonyl (C=O) groups is 1. The Bertz CT molecular complexity index is 904. The lowest BCUT2D eigenvalue weighted by molar-refractivity contribution is -1.01. The Morgan fingerprint density at radius 1 is 1.13 bits per heavy atom. The van der Waals surface area contributed by atoms with Gasteiger partial charge in [0.05, 0.1) is 25.3 Å². The van der Waals surface area contributed by atoms with Crippen LogP contribution in [-0.2, 0) is 11.3 Å². The number of methoxy groups -OCH3 is 2. The molecule has 7 heteroatoms. The highest BCUT2D eigenvalue weighted by Crippen LogP contribution is 2.21. The van der Waals surface area contributed by atoms with E-state index < -0.39 is 0 Å². The summed E-state index contributed by atoms with van der Waals surface area (Å²) in [7, 11) is 3.32. The molecule has 0 unspecified atom stereocenters. The van der Waals surface area contributed by atoms with Crippen molar-refractivity contribution in [1.29, 1.82) is 0 Å². The van der Waals surface area contributed by atoms with Gasteiger partial charge in [-0.3, -0.25) is 4.79 Å². The molecular weight excluding hydrogens is 397 g/mol. The van der Waals surface area contributed by atoms with E-state index in [1.54, 1.807) is 26.4 Å². The number of aromatic nitrogens is 1. The van der Waals surface area contributed by atoms with E-state index in [2.05, 4.69) is 11.5 Å². The van der Waals surface area contributed by atoms with Crippen LogP contribution in [0.25, 0.3) is 0 Å². The van der Waals surface area contributed by atoms with Crippen LogP contribution in [0.4, 0.5) is 4.39 Å². The van der Waals surface area contributed by atoms with Gasteiger partial charge in [-0.25, -0.2) is 4.39 Å². The quantitative estimate of drug-likeness (QED) is 0.571. The zero-order valence-electron chi connectivity index (χ0n) is 19.4. The topological polar surface area (TPSA) is 49.3 Å². The highest BCUT2D eigenvalue weighted by molar-refractivity contribution is 5.98. The van der Waals surface area contributed by atoms with E-state index in [9.17, 15) is 9.18 Å². The van der Waals surface area contributed by atoms with Crippen molar-refractivity contribution in [3.8, 4) is 5.75 Å². The molecule has 1 aliphatic rings. The van der Waals surface area contributed by atoms with Crippen LogP contribution in [0, 0.1) is 19.7 Å². The number of hydrogen-bond donors (Lipinski definition) is 2. The van der Waals surface area contributed by atoms with Crippen LogP contribution < -0.4 is 14.5 Å². The number of quaternary nitrogens is 2. The molecule has 1 aromatic heterocycles. The Balaban J connectivity index is 1.57. The molecule has 2 heterocycles. The van der Waals surface area contributed by atoms with E-state index in [1.807, 2.05) is 19.9 Å². The molecule has 0 bridgehead atoms. The van der Waals surface area contributed by atoms with E-state index in [1.165, 1.54) is 15.9 Å². The van der Waals surface area contributed by atoms with Crippen LogP contribution in [0.1, 0.15) is 40.3 Å². The number of ketones is 1. The molecule has 1 aliphatic heterocycles. The third-order valence-electron chi connectivity index (χ3n) is 6.39. The molecule has 3 rings (SSSR count). The smallest absolute Gasteiger partial charge is 0.218 e. The van der Waals surface area contributed by atoms with Crippen molar-refractivity contribution in [1.82, 2.24) is 4.57 Å². The Morgan fingerprint density at radius 3 is 2.45 bits per heavy atom. The van der Waals surface area contributed by atoms with Gasteiger partial charge in [0.25, 0.3) is 0 Å². The molecule has 31 heavy (non-hydrogen) atoms. The first-order chi connectivity index (χ1) is 14.8. The fourth-order valence-electron chi connectivity index (χ4n) is 4.84. The largest absolute Gasteiger partial charge is 0.496 e. The lowest BCUT2D eigenvalue weighted by Gasteiger charge is -2.29. The molecule has 6 nitrogen and oxygen atoms in total. The zero-order chi connectivity index (χ0) is 22.5. The number of aryl methyl sites for hydroxylation is 1. The Labute approximate surface area is 184 Å². The van der Waals surface area contributed by atoms with Gasteiger partial charge in [0.2, 0.25) is 5.78 Å². The van der Waals surface area contributed by atoms with E-state index in [0.29, 0.717) is 13.2 Å². The summed E-state index contributed by atoms with van der Waals surface area (Å²) in [5.74, 6) is 0.702. The zero-order valence-corrected chi connectivity index (χ0v) is 19.4. The Kier molecular flexibility index (Phi) is 7.86. The van der Waals surface area contributed by atoms with Crippen LogP contribution in [0.5, 0.6) is 5.75 Å². The van der Waals surface area contributed by atoms with E-state index >= 15 is 0 Å². The molecule has 2 aromatic rings. The first-order valence-electron chi connectivity index (χ1n) is 11.0. The van der Waals surface area contributed by atoms with Crippen LogP contribution >= 0.6 is 0 Å². The minimum Gasteiger partial charge on any atom is -0.496 e. The average molecular weight is 434 g/mol. The summed E-state index contributed by atoms with van der Waals surface area (Å²) < 4.78 is 26.5. The van der Waals surface area contributed by atoms with Crippen molar-refractivity contribution < 1.29 is 28.5 Å². The number of ether oxygens (including phenoxy) is 2. The molecule has 1 aromatic carbocycles. The molecule has 2 N–H and O–H groups in total. The van der Waals surface area contributed by atoms with Crippen molar-refractivity contribution in [2.75, 3.05) is 53.6 Å². The summed E-state index contributed by atoms with van der Waals surface area (Å²) in [4.78, 5) is 15.8. The van der Waals surface area contributed by atoms with Gasteiger partial charge < -0.3 is 23.8 Å². The summed E-state index contributed by atoms with van der Waals surface area (Å²) in [6, 6.07) is 6.90. The lowest BCUT2D eigenvalue weighted by atomic mass is 10.1. The summed E-state index contributed by atoms with van der Waals surface area (Å²) in [6.07, 6.45) is 0. The van der Waals surface area contributed by atoms with Gasteiger partial charge in [-0.15, -0.1) is 0 Å². The van der Waals surface area contributed by atoms with Crippen molar-refractivity contribution in [3.63, 3.8) is 0 Å². The molecule has 170 valence electrons. The summed E-state index contributed by atoms with van der Waals surface area (Å²) in [5, 5.41) is 0. The maximum Gasteiger partial charge on any atom is 0.218 e. The fraction of sp³-hybridized carbons (Fsp3) is 0.542. The SMILES string of the molecule is COC[C@@H](C)n1c(C)cc(C(=O)C[NH+]2CC[NH+](Cc3cc(F)ccc3OC)CC2)c1C. The van der Waals surface area contributed by atoms with Gasteiger partial charge in [-0.1, -0.05) is 0 Å². The van der Waals surface area contributed by atoms with Gasteiger partial charge in [0.15, 0.2) is 0 Å². The molecule has 1 atom stereocenters. The summed E-state index contributed by atoms with van der Waals surface area (Å²) in [6.45, 7) is 11.8.